The standard InChI is InChI=1S/C17H30N2S/c1-7-14-8-9-15(20-14)12(2)18-13-10-16(3,4)19-17(5,6)11-13/h8-9,12-13,18-19H,7,10-11H2,1-6H3. The highest BCUT2D eigenvalue weighted by Crippen LogP contribution is 2.31. The summed E-state index contributed by atoms with van der Waals surface area (Å²) in [5.41, 5.74) is 0.423. The zero-order valence-electron chi connectivity index (χ0n) is 13.8. The SMILES string of the molecule is CCc1ccc(C(C)NC2CC(C)(C)NC(C)(C)C2)s1. The molecule has 114 valence electrons. The number of piperidine rings is 1. The number of nitrogens with one attached hydrogen (secondary N) is 2. The van der Waals surface area contributed by atoms with E-state index in [0.717, 1.165) is 6.42 Å². The largest absolute Gasteiger partial charge is 0.307 e. The molecule has 2 nitrogen and oxygen atoms in total. The van der Waals surface area contributed by atoms with E-state index in [-0.39, 0.29) is 11.1 Å². The summed E-state index contributed by atoms with van der Waals surface area (Å²) in [6.07, 6.45) is 3.52. The molecule has 1 saturated heterocycles. The Kier molecular flexibility index (Phi) is 4.63. The summed E-state index contributed by atoms with van der Waals surface area (Å²) in [6.45, 7) is 13.8. The van der Waals surface area contributed by atoms with E-state index in [9.17, 15) is 0 Å². The molecule has 2 heterocycles. The fourth-order valence-electron chi connectivity index (χ4n) is 3.69. The summed E-state index contributed by atoms with van der Waals surface area (Å²) in [6, 6.07) is 5.60. The second-order valence-corrected chi connectivity index (χ2v) is 8.74. The van der Waals surface area contributed by atoms with E-state index >= 15 is 0 Å². The number of thiophene rings is 1. The van der Waals surface area contributed by atoms with Gasteiger partial charge in [0.15, 0.2) is 0 Å². The molecule has 2 N–H and O–H groups in total. The van der Waals surface area contributed by atoms with Crippen LogP contribution in [0.2, 0.25) is 0 Å². The molecule has 1 fully saturated rings. The van der Waals surface area contributed by atoms with Crippen LogP contribution in [0, 0.1) is 0 Å². The first-order valence-electron chi connectivity index (χ1n) is 7.85. The van der Waals surface area contributed by atoms with Crippen molar-refractivity contribution in [1.82, 2.24) is 10.6 Å². The molecule has 1 aromatic heterocycles. The lowest BCUT2D eigenvalue weighted by Crippen LogP contribution is -2.61. The monoisotopic (exact) mass is 294 g/mol. The van der Waals surface area contributed by atoms with Crippen molar-refractivity contribution >= 4 is 11.3 Å². The van der Waals surface area contributed by atoms with Gasteiger partial charge in [0.1, 0.15) is 0 Å². The molecule has 1 unspecified atom stereocenters. The summed E-state index contributed by atoms with van der Waals surface area (Å²) in [7, 11) is 0. The van der Waals surface area contributed by atoms with Gasteiger partial charge < -0.3 is 10.6 Å². The fourth-order valence-corrected chi connectivity index (χ4v) is 4.66. The van der Waals surface area contributed by atoms with E-state index in [1.54, 1.807) is 0 Å². The Balaban J connectivity index is 2.01. The summed E-state index contributed by atoms with van der Waals surface area (Å²) in [5, 5.41) is 7.60. The van der Waals surface area contributed by atoms with Gasteiger partial charge in [0.05, 0.1) is 0 Å². The maximum atomic E-state index is 3.85. The molecule has 0 saturated carbocycles. The van der Waals surface area contributed by atoms with Crippen molar-refractivity contribution in [2.75, 3.05) is 0 Å². The van der Waals surface area contributed by atoms with Crippen molar-refractivity contribution in [2.24, 2.45) is 0 Å². The Morgan fingerprint density at radius 1 is 1.25 bits per heavy atom. The molecule has 3 heteroatoms. The third kappa shape index (κ3) is 4.06. The molecular formula is C17H30N2S. The Morgan fingerprint density at radius 3 is 2.35 bits per heavy atom. The number of aryl methyl sites for hydroxylation is 1. The van der Waals surface area contributed by atoms with Gasteiger partial charge in [-0.3, -0.25) is 0 Å². The van der Waals surface area contributed by atoms with Crippen molar-refractivity contribution in [3.8, 4) is 0 Å². The van der Waals surface area contributed by atoms with Crippen LogP contribution in [-0.2, 0) is 6.42 Å². The summed E-state index contributed by atoms with van der Waals surface area (Å²) in [5.74, 6) is 0. The van der Waals surface area contributed by atoms with Gasteiger partial charge in [0.25, 0.3) is 0 Å². The van der Waals surface area contributed by atoms with E-state index in [4.69, 9.17) is 0 Å². The van der Waals surface area contributed by atoms with Crippen LogP contribution in [0.15, 0.2) is 12.1 Å². The van der Waals surface area contributed by atoms with Crippen LogP contribution in [0.3, 0.4) is 0 Å². The molecule has 0 bridgehead atoms. The number of hydrogen-bond donors (Lipinski definition) is 2. The van der Waals surface area contributed by atoms with Crippen molar-refractivity contribution < 1.29 is 0 Å². The predicted octanol–water partition coefficient (Wildman–Crippen LogP) is 4.27. The lowest BCUT2D eigenvalue weighted by atomic mass is 9.79. The van der Waals surface area contributed by atoms with E-state index in [0.29, 0.717) is 12.1 Å². The highest BCUT2D eigenvalue weighted by atomic mass is 32.1. The highest BCUT2D eigenvalue weighted by Gasteiger charge is 2.37. The summed E-state index contributed by atoms with van der Waals surface area (Å²) in [4.78, 5) is 2.95. The van der Waals surface area contributed by atoms with Crippen LogP contribution in [-0.4, -0.2) is 17.1 Å². The maximum absolute atomic E-state index is 3.85. The van der Waals surface area contributed by atoms with Gasteiger partial charge >= 0.3 is 0 Å². The van der Waals surface area contributed by atoms with E-state index in [1.165, 1.54) is 22.6 Å². The average molecular weight is 295 g/mol. The molecule has 0 aliphatic carbocycles. The summed E-state index contributed by atoms with van der Waals surface area (Å²) < 4.78 is 0. The van der Waals surface area contributed by atoms with Crippen LogP contribution in [0.1, 0.15) is 70.2 Å². The van der Waals surface area contributed by atoms with E-state index in [1.807, 2.05) is 11.3 Å². The predicted molar refractivity (Wildman–Crippen MR) is 89.6 cm³/mol. The second kappa shape index (κ2) is 5.78. The zero-order chi connectivity index (χ0) is 15.0. The third-order valence-electron chi connectivity index (χ3n) is 4.13. The molecule has 20 heavy (non-hydrogen) atoms. The lowest BCUT2D eigenvalue weighted by molar-refractivity contribution is 0.141. The highest BCUT2D eigenvalue weighted by molar-refractivity contribution is 7.12. The Bertz CT molecular complexity index is 432. The smallest absolute Gasteiger partial charge is 0.0388 e. The van der Waals surface area contributed by atoms with Gasteiger partial charge in [0, 0.05) is 32.9 Å². The van der Waals surface area contributed by atoms with Crippen molar-refractivity contribution in [2.45, 2.75) is 84.0 Å². The first-order chi connectivity index (χ1) is 9.21. The normalized spacial score (nSPS) is 23.7. The third-order valence-corrected chi connectivity index (χ3v) is 5.55. The van der Waals surface area contributed by atoms with Crippen molar-refractivity contribution in [3.63, 3.8) is 0 Å². The van der Waals surface area contributed by atoms with Crippen LogP contribution < -0.4 is 10.6 Å². The molecule has 2 rings (SSSR count). The quantitative estimate of drug-likeness (QED) is 0.866. The minimum absolute atomic E-state index is 0.211. The molecule has 1 aromatic rings. The molecule has 0 spiro atoms. The molecule has 1 aliphatic rings. The van der Waals surface area contributed by atoms with Crippen LogP contribution in [0.5, 0.6) is 0 Å². The van der Waals surface area contributed by atoms with Gasteiger partial charge in [-0.05, 0) is 66.0 Å². The number of hydrogen-bond acceptors (Lipinski definition) is 3. The molecule has 1 atom stereocenters. The Labute approximate surface area is 128 Å². The van der Waals surface area contributed by atoms with Gasteiger partial charge in [-0.2, -0.15) is 0 Å². The molecule has 0 aromatic carbocycles. The Hall–Kier alpha value is -0.380. The first-order valence-corrected chi connectivity index (χ1v) is 8.66. The summed E-state index contributed by atoms with van der Waals surface area (Å²) >= 11 is 1.95. The molecule has 0 amide bonds. The van der Waals surface area contributed by atoms with Crippen molar-refractivity contribution in [1.29, 1.82) is 0 Å². The second-order valence-electron chi connectivity index (χ2n) is 7.54. The molecular weight excluding hydrogens is 264 g/mol. The average Bonchev–Trinajstić information content (AvgIpc) is 2.72. The van der Waals surface area contributed by atoms with Crippen molar-refractivity contribution in [3.05, 3.63) is 21.9 Å². The lowest BCUT2D eigenvalue weighted by Gasteiger charge is -2.47. The minimum atomic E-state index is 0.211. The first kappa shape index (κ1) is 16.0. The maximum Gasteiger partial charge on any atom is 0.0388 e. The van der Waals surface area contributed by atoms with E-state index < -0.39 is 0 Å². The molecule has 1 aliphatic heterocycles. The van der Waals surface area contributed by atoms with Gasteiger partial charge in [-0.25, -0.2) is 0 Å². The topological polar surface area (TPSA) is 24.1 Å². The van der Waals surface area contributed by atoms with Gasteiger partial charge in [-0.1, -0.05) is 6.92 Å². The van der Waals surface area contributed by atoms with E-state index in [2.05, 4.69) is 64.3 Å². The van der Waals surface area contributed by atoms with Crippen LogP contribution in [0.25, 0.3) is 0 Å². The zero-order valence-corrected chi connectivity index (χ0v) is 14.7. The van der Waals surface area contributed by atoms with Crippen LogP contribution >= 0.6 is 11.3 Å². The van der Waals surface area contributed by atoms with Gasteiger partial charge in [0.2, 0.25) is 0 Å². The van der Waals surface area contributed by atoms with Gasteiger partial charge in [-0.15, -0.1) is 11.3 Å². The molecule has 0 radical (unpaired) electrons. The minimum Gasteiger partial charge on any atom is -0.307 e. The fraction of sp³-hybridized carbons (Fsp3) is 0.765. The Morgan fingerprint density at radius 2 is 1.85 bits per heavy atom. The van der Waals surface area contributed by atoms with Crippen LogP contribution in [0.4, 0.5) is 0 Å². The number of rotatable bonds is 4.